The lowest BCUT2D eigenvalue weighted by molar-refractivity contribution is 0.204. The highest BCUT2D eigenvalue weighted by molar-refractivity contribution is 5.22. The molecular formula is C14H18N2O. The Bertz CT molecular complexity index is 450. The van der Waals surface area contributed by atoms with E-state index >= 15 is 0 Å². The van der Waals surface area contributed by atoms with Crippen LogP contribution in [0.3, 0.4) is 0 Å². The van der Waals surface area contributed by atoms with Gasteiger partial charge in [0.25, 0.3) is 0 Å². The number of benzene rings is 1. The lowest BCUT2D eigenvalue weighted by Crippen LogP contribution is -2.09. The minimum absolute atomic E-state index is 0.636. The van der Waals surface area contributed by atoms with E-state index in [4.69, 9.17) is 0 Å². The van der Waals surface area contributed by atoms with Gasteiger partial charge in [-0.3, -0.25) is 0 Å². The molecule has 0 aliphatic carbocycles. The van der Waals surface area contributed by atoms with Crippen molar-refractivity contribution in [2.75, 3.05) is 0 Å². The molecule has 2 rings (SSSR count). The van der Waals surface area contributed by atoms with Gasteiger partial charge in [-0.1, -0.05) is 43.7 Å². The molecule has 1 aromatic heterocycles. The Balaban J connectivity index is 2.19. The van der Waals surface area contributed by atoms with Crippen LogP contribution in [0.25, 0.3) is 0 Å². The van der Waals surface area contributed by atoms with Gasteiger partial charge in [0.2, 0.25) is 0 Å². The van der Waals surface area contributed by atoms with Crippen LogP contribution in [-0.4, -0.2) is 14.7 Å². The molecule has 0 amide bonds. The molecule has 0 aliphatic heterocycles. The third kappa shape index (κ3) is 2.74. The van der Waals surface area contributed by atoms with E-state index in [1.54, 1.807) is 6.20 Å². The number of hydrogen-bond acceptors (Lipinski definition) is 2. The summed E-state index contributed by atoms with van der Waals surface area (Å²) in [5.74, 6) is 0.727. The van der Waals surface area contributed by atoms with E-state index < -0.39 is 6.10 Å². The van der Waals surface area contributed by atoms with Gasteiger partial charge in [-0.2, -0.15) is 0 Å². The zero-order valence-corrected chi connectivity index (χ0v) is 10.1. The second kappa shape index (κ2) is 5.64. The molecule has 1 N–H and O–H groups in total. The molecule has 0 bridgehead atoms. The zero-order chi connectivity index (χ0) is 12.1. The third-order valence-electron chi connectivity index (χ3n) is 2.86. The fourth-order valence-corrected chi connectivity index (χ4v) is 1.87. The number of aryl methyl sites for hydroxylation is 1. The van der Waals surface area contributed by atoms with Crippen LogP contribution in [0.1, 0.15) is 37.3 Å². The molecule has 3 heteroatoms. The van der Waals surface area contributed by atoms with Gasteiger partial charge in [0.1, 0.15) is 11.9 Å². The number of hydrogen-bond donors (Lipinski definition) is 1. The Kier molecular flexibility index (Phi) is 3.94. The molecule has 3 nitrogen and oxygen atoms in total. The molecule has 1 unspecified atom stereocenters. The first kappa shape index (κ1) is 11.9. The summed E-state index contributed by atoms with van der Waals surface area (Å²) in [6, 6.07) is 9.64. The summed E-state index contributed by atoms with van der Waals surface area (Å²) in [5, 5.41) is 10.3. The molecule has 0 saturated carbocycles. The van der Waals surface area contributed by atoms with Gasteiger partial charge in [-0.25, -0.2) is 4.98 Å². The lowest BCUT2D eigenvalue weighted by Gasteiger charge is -2.13. The second-order valence-corrected chi connectivity index (χ2v) is 4.15. The largest absolute Gasteiger partial charge is 0.380 e. The molecular weight excluding hydrogens is 212 g/mol. The Morgan fingerprint density at radius 2 is 2.06 bits per heavy atom. The molecule has 1 atom stereocenters. The molecule has 0 aliphatic rings. The molecule has 1 heterocycles. The molecule has 90 valence electrons. The van der Waals surface area contributed by atoms with Crippen LogP contribution in [0.2, 0.25) is 0 Å². The number of aromatic nitrogens is 2. The average Bonchev–Trinajstić information content (AvgIpc) is 2.84. The highest BCUT2D eigenvalue weighted by atomic mass is 16.3. The van der Waals surface area contributed by atoms with Crippen molar-refractivity contribution in [3.63, 3.8) is 0 Å². The van der Waals surface area contributed by atoms with Crippen LogP contribution in [0.15, 0.2) is 42.7 Å². The average molecular weight is 230 g/mol. The molecule has 2 aromatic rings. The topological polar surface area (TPSA) is 38.0 Å². The van der Waals surface area contributed by atoms with Gasteiger partial charge in [0, 0.05) is 18.9 Å². The Labute approximate surface area is 102 Å². The summed E-state index contributed by atoms with van der Waals surface area (Å²) < 4.78 is 2.03. The minimum Gasteiger partial charge on any atom is -0.380 e. The quantitative estimate of drug-likeness (QED) is 0.857. The molecule has 0 spiro atoms. The Morgan fingerprint density at radius 1 is 1.29 bits per heavy atom. The van der Waals surface area contributed by atoms with Crippen LogP contribution >= 0.6 is 0 Å². The van der Waals surface area contributed by atoms with Crippen molar-refractivity contribution in [2.45, 2.75) is 32.4 Å². The summed E-state index contributed by atoms with van der Waals surface area (Å²) in [5.41, 5.74) is 0.886. The highest BCUT2D eigenvalue weighted by Crippen LogP contribution is 2.20. The number of aliphatic hydroxyl groups excluding tert-OH is 1. The molecule has 0 radical (unpaired) electrons. The smallest absolute Gasteiger partial charge is 0.142 e. The summed E-state index contributed by atoms with van der Waals surface area (Å²) in [6.07, 6.45) is 5.28. The predicted molar refractivity (Wildman–Crippen MR) is 67.6 cm³/mol. The molecule has 0 fully saturated rings. The number of nitrogens with zero attached hydrogens (tertiary/aromatic N) is 2. The highest BCUT2D eigenvalue weighted by Gasteiger charge is 2.15. The first-order valence-corrected chi connectivity index (χ1v) is 6.07. The Hall–Kier alpha value is -1.61. The van der Waals surface area contributed by atoms with Crippen molar-refractivity contribution in [1.29, 1.82) is 0 Å². The second-order valence-electron chi connectivity index (χ2n) is 4.15. The summed E-state index contributed by atoms with van der Waals surface area (Å²) in [6.45, 7) is 3.07. The van der Waals surface area contributed by atoms with Crippen molar-refractivity contribution in [2.24, 2.45) is 0 Å². The SMILES string of the molecule is CCCCn1ccnc1C(O)c1ccccc1. The van der Waals surface area contributed by atoms with Crippen molar-refractivity contribution in [1.82, 2.24) is 9.55 Å². The van der Waals surface area contributed by atoms with E-state index in [-0.39, 0.29) is 0 Å². The maximum Gasteiger partial charge on any atom is 0.142 e. The maximum absolute atomic E-state index is 10.3. The van der Waals surface area contributed by atoms with Gasteiger partial charge in [0.05, 0.1) is 0 Å². The molecule has 0 saturated heterocycles. The van der Waals surface area contributed by atoms with Gasteiger partial charge >= 0.3 is 0 Å². The van der Waals surface area contributed by atoms with Gasteiger partial charge in [0.15, 0.2) is 0 Å². The number of aliphatic hydroxyl groups is 1. The van der Waals surface area contributed by atoms with Crippen LogP contribution in [0, 0.1) is 0 Å². The van der Waals surface area contributed by atoms with Crippen LogP contribution < -0.4 is 0 Å². The number of unbranched alkanes of at least 4 members (excludes halogenated alkanes) is 1. The first-order valence-electron chi connectivity index (χ1n) is 6.07. The first-order chi connectivity index (χ1) is 8.33. The van der Waals surface area contributed by atoms with Gasteiger partial charge in [-0.15, -0.1) is 0 Å². The fourth-order valence-electron chi connectivity index (χ4n) is 1.87. The molecule has 1 aromatic carbocycles. The van der Waals surface area contributed by atoms with Gasteiger partial charge in [-0.05, 0) is 12.0 Å². The molecule has 17 heavy (non-hydrogen) atoms. The van der Waals surface area contributed by atoms with Crippen LogP contribution in [0.5, 0.6) is 0 Å². The van der Waals surface area contributed by atoms with Crippen molar-refractivity contribution >= 4 is 0 Å². The van der Waals surface area contributed by atoms with E-state index in [9.17, 15) is 5.11 Å². The van der Waals surface area contributed by atoms with Crippen LogP contribution in [-0.2, 0) is 6.54 Å². The third-order valence-corrected chi connectivity index (χ3v) is 2.86. The summed E-state index contributed by atoms with van der Waals surface area (Å²) >= 11 is 0. The summed E-state index contributed by atoms with van der Waals surface area (Å²) in [4.78, 5) is 4.26. The standard InChI is InChI=1S/C14H18N2O/c1-2-3-10-16-11-9-15-14(16)13(17)12-7-5-4-6-8-12/h4-9,11,13,17H,2-3,10H2,1H3. The maximum atomic E-state index is 10.3. The van der Waals surface area contributed by atoms with E-state index in [0.717, 1.165) is 30.8 Å². The van der Waals surface area contributed by atoms with E-state index in [2.05, 4.69) is 11.9 Å². The Morgan fingerprint density at radius 3 is 2.76 bits per heavy atom. The van der Waals surface area contributed by atoms with Gasteiger partial charge < -0.3 is 9.67 Å². The zero-order valence-electron chi connectivity index (χ0n) is 10.1. The van der Waals surface area contributed by atoms with Crippen molar-refractivity contribution < 1.29 is 5.11 Å². The number of rotatable bonds is 5. The fraction of sp³-hybridized carbons (Fsp3) is 0.357. The predicted octanol–water partition coefficient (Wildman–Crippen LogP) is 2.76. The monoisotopic (exact) mass is 230 g/mol. The summed E-state index contributed by atoms with van der Waals surface area (Å²) in [7, 11) is 0. The van der Waals surface area contributed by atoms with Crippen LogP contribution in [0.4, 0.5) is 0 Å². The number of imidazole rings is 1. The minimum atomic E-state index is -0.636. The van der Waals surface area contributed by atoms with E-state index in [1.165, 1.54) is 0 Å². The van der Waals surface area contributed by atoms with E-state index in [1.807, 2.05) is 41.1 Å². The van der Waals surface area contributed by atoms with E-state index in [0.29, 0.717) is 0 Å². The van der Waals surface area contributed by atoms with Crippen molar-refractivity contribution in [3.05, 3.63) is 54.1 Å². The van der Waals surface area contributed by atoms with Crippen molar-refractivity contribution in [3.8, 4) is 0 Å². The normalized spacial score (nSPS) is 12.6. The lowest BCUT2D eigenvalue weighted by atomic mass is 10.1.